The number of nitrogens with one attached hydrogen (secondary N) is 1. The molecule has 2 amide bonds. The molecular formula is C15H18N4O4S2. The topological polar surface area (TPSA) is 99.7 Å². The maximum Gasteiger partial charge on any atom is 0.254 e. The minimum absolute atomic E-state index is 0.0177. The summed E-state index contributed by atoms with van der Waals surface area (Å²) in [5, 5.41) is 0.275. The number of nitrogens with zero attached hydrogens (tertiary/aromatic N) is 3. The minimum Gasteiger partial charge on any atom is -0.339 e. The van der Waals surface area contributed by atoms with Gasteiger partial charge in [0, 0.05) is 38.7 Å². The van der Waals surface area contributed by atoms with E-state index in [9.17, 15) is 18.0 Å². The van der Waals surface area contributed by atoms with Gasteiger partial charge in [0.25, 0.3) is 5.91 Å². The van der Waals surface area contributed by atoms with Gasteiger partial charge in [-0.1, -0.05) is 11.3 Å². The summed E-state index contributed by atoms with van der Waals surface area (Å²) in [5.74, 6) is -0.0831. The molecule has 1 aliphatic rings. The second-order valence-electron chi connectivity index (χ2n) is 5.87. The van der Waals surface area contributed by atoms with Gasteiger partial charge in [-0.25, -0.2) is 13.4 Å². The average Bonchev–Trinajstić information content (AvgIpc) is 2.93. The summed E-state index contributed by atoms with van der Waals surface area (Å²) in [6, 6.07) is 5.12. The number of sulfonamides is 1. The van der Waals surface area contributed by atoms with Crippen LogP contribution < -0.4 is 4.72 Å². The van der Waals surface area contributed by atoms with Gasteiger partial charge in [0.1, 0.15) is 0 Å². The van der Waals surface area contributed by atoms with Crippen molar-refractivity contribution in [3.05, 3.63) is 23.8 Å². The van der Waals surface area contributed by atoms with E-state index >= 15 is 0 Å². The number of amides is 2. The monoisotopic (exact) mass is 382 g/mol. The Labute approximate surface area is 149 Å². The van der Waals surface area contributed by atoms with Crippen LogP contribution in [-0.4, -0.2) is 67.5 Å². The highest BCUT2D eigenvalue weighted by molar-refractivity contribution is 7.92. The Kier molecular flexibility index (Phi) is 4.65. The zero-order valence-corrected chi connectivity index (χ0v) is 15.5. The second-order valence-corrected chi connectivity index (χ2v) is 8.65. The van der Waals surface area contributed by atoms with Crippen LogP contribution in [0.4, 0.5) is 5.13 Å². The van der Waals surface area contributed by atoms with Crippen molar-refractivity contribution in [2.75, 3.05) is 37.2 Å². The normalized spacial score (nSPS) is 15.4. The molecule has 10 heteroatoms. The smallest absolute Gasteiger partial charge is 0.254 e. The molecule has 1 aromatic heterocycles. The van der Waals surface area contributed by atoms with E-state index in [1.807, 2.05) is 0 Å². The Hall–Kier alpha value is -2.20. The molecule has 8 nitrogen and oxygen atoms in total. The van der Waals surface area contributed by atoms with Crippen molar-refractivity contribution < 1.29 is 18.0 Å². The van der Waals surface area contributed by atoms with E-state index in [2.05, 4.69) is 9.71 Å². The molecule has 0 saturated carbocycles. The predicted molar refractivity (Wildman–Crippen MR) is 96.2 cm³/mol. The molecule has 1 N–H and O–H groups in total. The van der Waals surface area contributed by atoms with Crippen molar-refractivity contribution in [3.8, 4) is 0 Å². The fourth-order valence-electron chi connectivity index (χ4n) is 2.67. The van der Waals surface area contributed by atoms with E-state index in [4.69, 9.17) is 0 Å². The number of carbonyl (C=O) groups is 2. The van der Waals surface area contributed by atoms with Crippen LogP contribution in [0.3, 0.4) is 0 Å². The van der Waals surface area contributed by atoms with Crippen LogP contribution in [-0.2, 0) is 14.8 Å². The summed E-state index contributed by atoms with van der Waals surface area (Å²) in [5.41, 5.74) is 1.16. The lowest BCUT2D eigenvalue weighted by atomic mass is 10.1. The number of aromatic nitrogens is 1. The van der Waals surface area contributed by atoms with Crippen LogP contribution in [0.25, 0.3) is 10.2 Å². The number of hydrogen-bond acceptors (Lipinski definition) is 6. The van der Waals surface area contributed by atoms with E-state index < -0.39 is 10.0 Å². The van der Waals surface area contributed by atoms with Crippen molar-refractivity contribution >= 4 is 48.5 Å². The molecule has 0 aliphatic carbocycles. The molecule has 2 aromatic rings. The van der Waals surface area contributed by atoms with E-state index in [1.165, 1.54) is 18.3 Å². The first kappa shape index (κ1) is 17.6. The highest BCUT2D eigenvalue weighted by Crippen LogP contribution is 2.27. The summed E-state index contributed by atoms with van der Waals surface area (Å²) in [7, 11) is -3.39. The zero-order valence-electron chi connectivity index (χ0n) is 13.9. The maximum absolute atomic E-state index is 12.7. The van der Waals surface area contributed by atoms with E-state index in [0.717, 1.165) is 11.0 Å². The van der Waals surface area contributed by atoms with Crippen molar-refractivity contribution in [2.24, 2.45) is 0 Å². The van der Waals surface area contributed by atoms with Gasteiger partial charge in [0.05, 0.1) is 16.5 Å². The highest BCUT2D eigenvalue weighted by Gasteiger charge is 2.23. The first-order chi connectivity index (χ1) is 11.7. The van der Waals surface area contributed by atoms with Crippen LogP contribution in [0.1, 0.15) is 17.3 Å². The van der Waals surface area contributed by atoms with Crippen molar-refractivity contribution in [2.45, 2.75) is 6.92 Å². The fraction of sp³-hybridized carbons (Fsp3) is 0.400. The molecule has 134 valence electrons. The molecule has 1 fully saturated rings. The van der Waals surface area contributed by atoms with Crippen LogP contribution in [0.15, 0.2) is 18.2 Å². The van der Waals surface area contributed by atoms with Crippen LogP contribution in [0, 0.1) is 0 Å². The Morgan fingerprint density at radius 3 is 2.40 bits per heavy atom. The minimum atomic E-state index is -3.39. The van der Waals surface area contributed by atoms with E-state index in [-0.39, 0.29) is 16.9 Å². The van der Waals surface area contributed by atoms with Crippen molar-refractivity contribution in [3.63, 3.8) is 0 Å². The molecule has 0 unspecified atom stereocenters. The van der Waals surface area contributed by atoms with Gasteiger partial charge in [-0.05, 0) is 18.2 Å². The fourth-order valence-corrected chi connectivity index (χ4v) is 4.41. The van der Waals surface area contributed by atoms with Crippen molar-refractivity contribution in [1.82, 2.24) is 14.8 Å². The number of benzene rings is 1. The lowest BCUT2D eigenvalue weighted by molar-refractivity contribution is -0.130. The Morgan fingerprint density at radius 1 is 1.16 bits per heavy atom. The molecule has 1 aromatic carbocycles. The van der Waals surface area contributed by atoms with E-state index in [0.29, 0.717) is 37.3 Å². The Morgan fingerprint density at radius 2 is 1.80 bits per heavy atom. The quantitative estimate of drug-likeness (QED) is 0.853. The number of hydrogen-bond donors (Lipinski definition) is 1. The Balaban J connectivity index is 1.77. The number of piperazine rings is 1. The van der Waals surface area contributed by atoms with Gasteiger partial charge in [-0.2, -0.15) is 0 Å². The summed E-state index contributed by atoms with van der Waals surface area (Å²) in [6.45, 7) is 3.59. The Bertz CT molecular complexity index is 930. The van der Waals surface area contributed by atoms with Crippen molar-refractivity contribution in [1.29, 1.82) is 0 Å². The molecule has 0 radical (unpaired) electrons. The third-order valence-corrected chi connectivity index (χ3v) is 5.55. The first-order valence-electron chi connectivity index (χ1n) is 7.66. The van der Waals surface area contributed by atoms with E-state index in [1.54, 1.807) is 28.0 Å². The number of rotatable bonds is 3. The standard InChI is InChI=1S/C15H18N4O4S2/c1-10(20)18-5-7-19(8-6-18)14(21)11-3-4-12-13(9-11)24-15(16-12)17-25(2,22)23/h3-4,9H,5-8H2,1-2H3,(H,16,17). The first-order valence-corrected chi connectivity index (χ1v) is 10.4. The average molecular weight is 382 g/mol. The van der Waals surface area contributed by atoms with Gasteiger partial charge in [-0.3, -0.25) is 14.3 Å². The second kappa shape index (κ2) is 6.60. The zero-order chi connectivity index (χ0) is 18.2. The number of anilines is 1. The molecule has 1 saturated heterocycles. The highest BCUT2D eigenvalue weighted by atomic mass is 32.2. The lowest BCUT2D eigenvalue weighted by Crippen LogP contribution is -2.50. The third-order valence-electron chi connectivity index (χ3n) is 3.92. The number of thiazole rings is 1. The van der Waals surface area contributed by atoms with Gasteiger partial charge >= 0.3 is 0 Å². The predicted octanol–water partition coefficient (Wildman–Crippen LogP) is 0.972. The molecule has 2 heterocycles. The summed E-state index contributed by atoms with van der Waals surface area (Å²) in [4.78, 5) is 31.7. The number of carbonyl (C=O) groups excluding carboxylic acids is 2. The van der Waals surface area contributed by atoms with Crippen LogP contribution in [0.2, 0.25) is 0 Å². The molecule has 1 aliphatic heterocycles. The molecule has 0 bridgehead atoms. The lowest BCUT2D eigenvalue weighted by Gasteiger charge is -2.34. The molecule has 0 spiro atoms. The largest absolute Gasteiger partial charge is 0.339 e. The van der Waals surface area contributed by atoms with Gasteiger partial charge < -0.3 is 9.80 Å². The van der Waals surface area contributed by atoms with Gasteiger partial charge in [0.15, 0.2) is 5.13 Å². The molecule has 25 heavy (non-hydrogen) atoms. The van der Waals surface area contributed by atoms with Crippen LogP contribution in [0.5, 0.6) is 0 Å². The van der Waals surface area contributed by atoms with Gasteiger partial charge in [-0.15, -0.1) is 0 Å². The molecule has 0 atom stereocenters. The van der Waals surface area contributed by atoms with Crippen LogP contribution >= 0.6 is 11.3 Å². The summed E-state index contributed by atoms with van der Waals surface area (Å²) in [6.07, 6.45) is 1.06. The number of fused-ring (bicyclic) bond motifs is 1. The van der Waals surface area contributed by atoms with Gasteiger partial charge in [0.2, 0.25) is 15.9 Å². The third kappa shape index (κ3) is 4.07. The maximum atomic E-state index is 12.7. The summed E-state index contributed by atoms with van der Waals surface area (Å²) < 4.78 is 25.7. The molecular weight excluding hydrogens is 364 g/mol. The SMILES string of the molecule is CC(=O)N1CCN(C(=O)c2ccc3nc(NS(C)(=O)=O)sc3c2)CC1. The molecule has 3 rings (SSSR count). The summed E-state index contributed by atoms with van der Waals surface area (Å²) >= 11 is 1.18.